The summed E-state index contributed by atoms with van der Waals surface area (Å²) in [4.78, 5) is 9.85. The van der Waals surface area contributed by atoms with Crippen LogP contribution >= 0.6 is 22.7 Å². The Kier molecular flexibility index (Phi) is 5.27. The molecular formula is C20H23N3S2. The molecule has 130 valence electrons. The lowest BCUT2D eigenvalue weighted by atomic mass is 10.0. The molecule has 0 radical (unpaired) electrons. The van der Waals surface area contributed by atoms with E-state index < -0.39 is 0 Å². The molecule has 0 aliphatic carbocycles. The Bertz CT molecular complexity index is 809. The zero-order valence-electron chi connectivity index (χ0n) is 14.4. The fraction of sp³-hybridized carbons (Fsp3) is 0.350. The number of hydrogen-bond acceptors (Lipinski definition) is 5. The molecule has 0 fully saturated rings. The van der Waals surface area contributed by atoms with Gasteiger partial charge in [-0.2, -0.15) is 0 Å². The zero-order valence-corrected chi connectivity index (χ0v) is 16.1. The number of fused-ring (bicyclic) bond motifs is 1. The summed E-state index contributed by atoms with van der Waals surface area (Å²) in [5, 5.41) is 7.03. The van der Waals surface area contributed by atoms with Gasteiger partial charge in [0, 0.05) is 48.2 Å². The Morgan fingerprint density at radius 3 is 2.92 bits per heavy atom. The maximum atomic E-state index is 4.35. The summed E-state index contributed by atoms with van der Waals surface area (Å²) >= 11 is 3.68. The molecule has 0 amide bonds. The van der Waals surface area contributed by atoms with Gasteiger partial charge in [-0.3, -0.25) is 4.90 Å². The highest BCUT2D eigenvalue weighted by atomic mass is 32.1. The minimum atomic E-state index is 0.406. The van der Waals surface area contributed by atoms with Gasteiger partial charge in [-0.25, -0.2) is 4.98 Å². The van der Waals surface area contributed by atoms with E-state index in [1.54, 1.807) is 16.2 Å². The normalized spacial score (nSPS) is 15.9. The van der Waals surface area contributed by atoms with E-state index in [9.17, 15) is 0 Å². The number of thiazole rings is 1. The first-order valence-corrected chi connectivity index (χ1v) is 10.5. The van der Waals surface area contributed by atoms with Gasteiger partial charge in [-0.05, 0) is 35.9 Å². The smallest absolute Gasteiger partial charge is 0.0897 e. The summed E-state index contributed by atoms with van der Waals surface area (Å²) in [5.74, 6) is 0. The Balaban J connectivity index is 1.47. The van der Waals surface area contributed by atoms with Crippen LogP contribution in [0.5, 0.6) is 0 Å². The van der Waals surface area contributed by atoms with Crippen molar-refractivity contribution >= 4 is 22.7 Å². The molecule has 25 heavy (non-hydrogen) atoms. The van der Waals surface area contributed by atoms with Crippen LogP contribution in [0.3, 0.4) is 0 Å². The van der Waals surface area contributed by atoms with E-state index in [2.05, 4.69) is 63.9 Å². The minimum Gasteiger partial charge on any atom is -0.310 e. The average molecular weight is 370 g/mol. The summed E-state index contributed by atoms with van der Waals surface area (Å²) < 4.78 is 0. The number of aromatic nitrogens is 1. The quantitative estimate of drug-likeness (QED) is 0.698. The van der Waals surface area contributed by atoms with Crippen molar-refractivity contribution in [3.8, 4) is 0 Å². The molecule has 1 aliphatic rings. The predicted molar refractivity (Wildman–Crippen MR) is 106 cm³/mol. The van der Waals surface area contributed by atoms with E-state index in [-0.39, 0.29) is 0 Å². The van der Waals surface area contributed by atoms with Crippen molar-refractivity contribution in [3.05, 3.63) is 73.9 Å². The van der Waals surface area contributed by atoms with Crippen LogP contribution in [0.1, 0.15) is 31.9 Å². The molecule has 5 heteroatoms. The largest absolute Gasteiger partial charge is 0.310 e. The molecule has 2 aromatic heterocycles. The Morgan fingerprint density at radius 2 is 2.12 bits per heavy atom. The minimum absolute atomic E-state index is 0.406. The third-order valence-corrected chi connectivity index (χ3v) is 6.70. The number of hydrogen-bond donors (Lipinski definition) is 1. The van der Waals surface area contributed by atoms with Crippen molar-refractivity contribution < 1.29 is 0 Å². The van der Waals surface area contributed by atoms with Crippen molar-refractivity contribution in [2.24, 2.45) is 0 Å². The first-order valence-electron chi connectivity index (χ1n) is 8.76. The molecule has 3 nitrogen and oxygen atoms in total. The molecule has 0 spiro atoms. The molecule has 3 aromatic rings. The number of nitrogens with zero attached hydrogens (tertiary/aromatic N) is 2. The van der Waals surface area contributed by atoms with Gasteiger partial charge in [0.15, 0.2) is 0 Å². The molecule has 1 aliphatic heterocycles. The monoisotopic (exact) mass is 369 g/mol. The maximum Gasteiger partial charge on any atom is 0.0897 e. The van der Waals surface area contributed by atoms with Crippen LogP contribution in [-0.4, -0.2) is 23.0 Å². The van der Waals surface area contributed by atoms with E-state index in [0.717, 1.165) is 31.2 Å². The third-order valence-electron chi connectivity index (χ3n) is 4.77. The van der Waals surface area contributed by atoms with Crippen LogP contribution in [-0.2, 0) is 19.5 Å². The van der Waals surface area contributed by atoms with Crippen molar-refractivity contribution in [1.29, 1.82) is 0 Å². The summed E-state index contributed by atoms with van der Waals surface area (Å²) in [6, 6.07) is 13.6. The average Bonchev–Trinajstić information content (AvgIpc) is 3.27. The predicted octanol–water partition coefficient (Wildman–Crippen LogP) is 4.40. The highest BCUT2D eigenvalue weighted by Gasteiger charge is 2.25. The van der Waals surface area contributed by atoms with Gasteiger partial charge in [0.05, 0.1) is 5.01 Å². The van der Waals surface area contributed by atoms with Crippen molar-refractivity contribution in [2.75, 3.05) is 13.1 Å². The lowest BCUT2D eigenvalue weighted by Gasteiger charge is -2.35. The Morgan fingerprint density at radius 1 is 1.24 bits per heavy atom. The Labute approximate surface area is 157 Å². The highest BCUT2D eigenvalue weighted by Crippen LogP contribution is 2.30. The highest BCUT2D eigenvalue weighted by molar-refractivity contribution is 7.11. The van der Waals surface area contributed by atoms with Gasteiger partial charge in [0.1, 0.15) is 0 Å². The van der Waals surface area contributed by atoms with Gasteiger partial charge in [0.25, 0.3) is 0 Å². The van der Waals surface area contributed by atoms with Crippen LogP contribution in [0, 0.1) is 6.92 Å². The maximum absolute atomic E-state index is 4.35. The molecule has 4 rings (SSSR count). The summed E-state index contributed by atoms with van der Waals surface area (Å²) in [7, 11) is 0. The second kappa shape index (κ2) is 7.79. The van der Waals surface area contributed by atoms with Crippen LogP contribution in [0.2, 0.25) is 0 Å². The molecule has 0 saturated carbocycles. The first kappa shape index (κ1) is 16.9. The molecule has 1 unspecified atom stereocenters. The van der Waals surface area contributed by atoms with Crippen molar-refractivity contribution in [1.82, 2.24) is 15.2 Å². The van der Waals surface area contributed by atoms with Gasteiger partial charge >= 0.3 is 0 Å². The number of nitrogens with one attached hydrogen (secondary N) is 1. The summed E-state index contributed by atoms with van der Waals surface area (Å²) in [5.41, 5.74) is 2.91. The lowest BCUT2D eigenvalue weighted by Crippen LogP contribution is -2.38. The number of rotatable bonds is 6. The van der Waals surface area contributed by atoms with Crippen molar-refractivity contribution in [2.45, 2.75) is 32.5 Å². The molecule has 1 aromatic carbocycles. The van der Waals surface area contributed by atoms with E-state index in [1.807, 2.05) is 17.5 Å². The number of benzene rings is 1. The van der Waals surface area contributed by atoms with Crippen molar-refractivity contribution in [3.63, 3.8) is 0 Å². The second-order valence-corrected chi connectivity index (χ2v) is 8.81. The third kappa shape index (κ3) is 4.01. The molecule has 3 heterocycles. The fourth-order valence-corrected chi connectivity index (χ4v) is 5.14. The molecule has 0 bridgehead atoms. The summed E-state index contributed by atoms with van der Waals surface area (Å²) in [6.07, 6.45) is 3.16. The van der Waals surface area contributed by atoms with Gasteiger partial charge < -0.3 is 5.32 Å². The fourth-order valence-electron chi connectivity index (χ4n) is 3.49. The lowest BCUT2D eigenvalue weighted by molar-refractivity contribution is 0.176. The van der Waals surface area contributed by atoms with Gasteiger partial charge in [0.2, 0.25) is 0 Å². The molecule has 0 saturated heterocycles. The molecule has 1 N–H and O–H groups in total. The standard InChI is InChI=1S/C20H23N3S2/c1-15-22-12-18(25-15)11-21-13-19(16-5-3-2-4-6-16)23-9-7-20-17(14-23)8-10-24-20/h2-6,8,10,12,19,21H,7,9,11,13-14H2,1H3. The van der Waals surface area contributed by atoms with E-state index in [1.165, 1.54) is 22.4 Å². The van der Waals surface area contributed by atoms with Crippen LogP contribution in [0.25, 0.3) is 0 Å². The SMILES string of the molecule is Cc1ncc(CNCC(c2ccccc2)N2CCc3sccc3C2)s1. The zero-order chi connectivity index (χ0) is 17.1. The van der Waals surface area contributed by atoms with Crippen LogP contribution in [0.4, 0.5) is 0 Å². The second-order valence-electron chi connectivity index (χ2n) is 6.49. The number of aryl methyl sites for hydroxylation is 1. The van der Waals surface area contributed by atoms with Gasteiger partial charge in [-0.1, -0.05) is 30.3 Å². The van der Waals surface area contributed by atoms with Crippen LogP contribution in [0.15, 0.2) is 48.0 Å². The summed E-state index contributed by atoms with van der Waals surface area (Å²) in [6.45, 7) is 6.11. The van der Waals surface area contributed by atoms with E-state index in [4.69, 9.17) is 0 Å². The van der Waals surface area contributed by atoms with E-state index in [0.29, 0.717) is 6.04 Å². The van der Waals surface area contributed by atoms with Gasteiger partial charge in [-0.15, -0.1) is 22.7 Å². The molecular weight excluding hydrogens is 346 g/mol. The molecule has 1 atom stereocenters. The number of thiophene rings is 1. The Hall–Kier alpha value is -1.53. The van der Waals surface area contributed by atoms with E-state index >= 15 is 0 Å². The van der Waals surface area contributed by atoms with Crippen LogP contribution < -0.4 is 5.32 Å². The topological polar surface area (TPSA) is 28.2 Å². The first-order chi connectivity index (χ1) is 12.3.